The Morgan fingerprint density at radius 2 is 1.97 bits per heavy atom. The van der Waals surface area contributed by atoms with Crippen molar-refractivity contribution in [3.63, 3.8) is 0 Å². The number of aliphatic hydroxyl groups excluding tert-OH is 2. The molecule has 1 spiro atoms. The van der Waals surface area contributed by atoms with E-state index in [-0.39, 0.29) is 23.8 Å². The van der Waals surface area contributed by atoms with Crippen LogP contribution in [0, 0.1) is 17.8 Å². The van der Waals surface area contributed by atoms with E-state index in [4.69, 9.17) is 0 Å². The maximum Gasteiger partial charge on any atom is 0.194 e. The average molecular weight is 491 g/mol. The largest absolute Gasteiger partial charge is 0.392 e. The van der Waals surface area contributed by atoms with Crippen LogP contribution in [0.1, 0.15) is 64.4 Å². The molecule has 1 aliphatic carbocycles. The molecule has 5 heteroatoms. The fourth-order valence-electron chi connectivity index (χ4n) is 9.67. The van der Waals surface area contributed by atoms with E-state index in [0.717, 1.165) is 28.3 Å². The van der Waals surface area contributed by atoms with Gasteiger partial charge in [-0.25, -0.2) is 0 Å². The minimum Gasteiger partial charge on any atom is -0.392 e. The Labute approximate surface area is 195 Å². The van der Waals surface area contributed by atoms with Gasteiger partial charge in [0.25, 0.3) is 0 Å². The summed E-state index contributed by atoms with van der Waals surface area (Å²) in [6.45, 7) is 5.61. The zero-order valence-corrected chi connectivity index (χ0v) is 20.8. The monoisotopic (exact) mass is 489 g/mol. The Hall–Kier alpha value is -0.620. The third-order valence-corrected chi connectivity index (χ3v) is 11.1. The fraction of sp³-hybridized carbons (Fsp3) is 0.769. The number of likely N-dealkylation sites (N-methyl/N-ethyl adjacent to an activating group) is 1. The van der Waals surface area contributed by atoms with E-state index in [1.807, 2.05) is 0 Å². The van der Waals surface area contributed by atoms with Crippen LogP contribution in [-0.2, 0) is 5.41 Å². The van der Waals surface area contributed by atoms with E-state index in [9.17, 15) is 10.2 Å². The Balaban J connectivity index is 1.51. The molecule has 5 heterocycles. The molecular weight excluding hydrogens is 452 g/mol. The normalized spacial score (nSPS) is 48.4. The van der Waals surface area contributed by atoms with E-state index in [2.05, 4.69) is 59.9 Å². The standard InChI is InChI=1S/C26H38BrN2O2/c1-4-6-7-8-11-29-20-13-17(16(5-2)25(29)31)22-21(29)14-26(24(22)30)18-12-15(27)9-10-19(18)28(3)23(20)26/h9-10,12,16-17,20-25,30-31H,4-8,11,13-14H2,1-3H3/q+1/t16-,17?,20-,21-,22?,23+,24+,25+,26?,29?/m1/s1. The minimum absolute atomic E-state index is 0.171. The van der Waals surface area contributed by atoms with Crippen LogP contribution < -0.4 is 4.90 Å². The van der Waals surface area contributed by atoms with Crippen molar-refractivity contribution in [2.24, 2.45) is 17.8 Å². The lowest BCUT2D eigenvalue weighted by molar-refractivity contribution is -1.04. The topological polar surface area (TPSA) is 43.7 Å². The van der Waals surface area contributed by atoms with Crippen molar-refractivity contribution in [3.05, 3.63) is 28.2 Å². The maximum absolute atomic E-state index is 12.1. The first-order valence-electron chi connectivity index (χ1n) is 12.7. The molecule has 1 aromatic rings. The van der Waals surface area contributed by atoms with Crippen LogP contribution in [0.4, 0.5) is 5.69 Å². The molecule has 0 amide bonds. The zero-order valence-electron chi connectivity index (χ0n) is 19.2. The smallest absolute Gasteiger partial charge is 0.194 e. The van der Waals surface area contributed by atoms with Crippen LogP contribution in [0.25, 0.3) is 0 Å². The summed E-state index contributed by atoms with van der Waals surface area (Å²) >= 11 is 3.72. The molecule has 6 aliphatic rings. The van der Waals surface area contributed by atoms with E-state index in [0.29, 0.717) is 29.8 Å². The summed E-state index contributed by atoms with van der Waals surface area (Å²) in [5.74, 6) is 1.13. The Morgan fingerprint density at radius 1 is 1.16 bits per heavy atom. The first-order chi connectivity index (χ1) is 14.9. The number of anilines is 1. The highest BCUT2D eigenvalue weighted by atomic mass is 79.9. The Kier molecular flexibility index (Phi) is 4.69. The van der Waals surface area contributed by atoms with Crippen molar-refractivity contribution in [1.82, 2.24) is 0 Å². The van der Waals surface area contributed by atoms with Gasteiger partial charge in [-0.2, -0.15) is 0 Å². The molecule has 4 nitrogen and oxygen atoms in total. The number of hydrogen-bond donors (Lipinski definition) is 2. The van der Waals surface area contributed by atoms with Gasteiger partial charge in [-0.3, -0.25) is 4.48 Å². The number of fused-ring (bicyclic) bond motifs is 2. The number of piperidine rings is 4. The van der Waals surface area contributed by atoms with Gasteiger partial charge >= 0.3 is 0 Å². The summed E-state index contributed by atoms with van der Waals surface area (Å²) in [4.78, 5) is 2.49. The third-order valence-electron chi connectivity index (χ3n) is 10.6. The van der Waals surface area contributed by atoms with Crippen molar-refractivity contribution >= 4 is 21.6 Å². The van der Waals surface area contributed by atoms with E-state index >= 15 is 0 Å². The summed E-state index contributed by atoms with van der Waals surface area (Å²) in [5, 5.41) is 24.0. The second-order valence-electron chi connectivity index (χ2n) is 11.3. The van der Waals surface area contributed by atoms with Gasteiger partial charge < -0.3 is 15.1 Å². The lowest BCUT2D eigenvalue weighted by Crippen LogP contribution is -2.83. The van der Waals surface area contributed by atoms with Gasteiger partial charge in [-0.1, -0.05) is 42.6 Å². The van der Waals surface area contributed by atoms with Crippen LogP contribution in [0.15, 0.2) is 22.7 Å². The molecule has 31 heavy (non-hydrogen) atoms. The molecule has 10 atom stereocenters. The first kappa shape index (κ1) is 20.9. The molecule has 2 N–H and O–H groups in total. The van der Waals surface area contributed by atoms with Crippen molar-refractivity contribution in [1.29, 1.82) is 0 Å². The van der Waals surface area contributed by atoms with Gasteiger partial charge in [-0.15, -0.1) is 0 Å². The zero-order chi connectivity index (χ0) is 21.7. The highest BCUT2D eigenvalue weighted by Gasteiger charge is 2.82. The molecule has 0 radical (unpaired) electrons. The number of quaternary nitrogens is 1. The number of nitrogens with zero attached hydrogens (tertiary/aromatic N) is 2. The maximum atomic E-state index is 12.1. The van der Waals surface area contributed by atoms with Gasteiger partial charge in [0.15, 0.2) is 6.23 Å². The van der Waals surface area contributed by atoms with E-state index in [1.165, 1.54) is 43.4 Å². The quantitative estimate of drug-likeness (QED) is 0.459. The van der Waals surface area contributed by atoms with E-state index in [1.54, 1.807) is 0 Å². The minimum atomic E-state index is -0.298. The molecule has 5 aliphatic heterocycles. The second-order valence-corrected chi connectivity index (χ2v) is 12.2. The number of aliphatic hydroxyl groups is 2. The van der Waals surface area contributed by atoms with Crippen molar-refractivity contribution in [2.45, 2.75) is 94.7 Å². The van der Waals surface area contributed by atoms with Gasteiger partial charge in [0, 0.05) is 41.9 Å². The highest BCUT2D eigenvalue weighted by Crippen LogP contribution is 2.71. The molecular formula is C26H38BrN2O2+. The Morgan fingerprint density at radius 3 is 2.71 bits per heavy atom. The molecule has 1 saturated carbocycles. The number of rotatable bonds is 6. The number of hydrogen-bond acceptors (Lipinski definition) is 3. The summed E-state index contributed by atoms with van der Waals surface area (Å²) in [7, 11) is 2.25. The SMILES string of the molecule is CCCCCC[N+]12[C@@H]3CC45c6cc(Br)ccc6N(C)[C@H]4[C@H]1CC(C3[C@@H]5O)[C@@H](CC)[C@@H]2O. The van der Waals surface area contributed by atoms with E-state index < -0.39 is 0 Å². The molecule has 5 fully saturated rings. The Bertz CT molecular complexity index is 894. The lowest BCUT2D eigenvalue weighted by Gasteiger charge is -2.68. The predicted molar refractivity (Wildman–Crippen MR) is 127 cm³/mol. The first-order valence-corrected chi connectivity index (χ1v) is 13.5. The van der Waals surface area contributed by atoms with Crippen LogP contribution >= 0.6 is 15.9 Å². The van der Waals surface area contributed by atoms with Crippen LogP contribution in [-0.4, -0.2) is 58.7 Å². The van der Waals surface area contributed by atoms with Crippen molar-refractivity contribution in [3.8, 4) is 0 Å². The number of unbranched alkanes of at least 4 members (excludes halogenated alkanes) is 3. The molecule has 5 bridgehead atoms. The van der Waals surface area contributed by atoms with Crippen molar-refractivity contribution in [2.75, 3.05) is 18.5 Å². The number of benzene rings is 1. The summed E-state index contributed by atoms with van der Waals surface area (Å²) < 4.78 is 1.99. The van der Waals surface area contributed by atoms with Crippen LogP contribution in [0.2, 0.25) is 0 Å². The number of halogens is 1. The molecule has 170 valence electrons. The van der Waals surface area contributed by atoms with Gasteiger partial charge in [0.05, 0.1) is 30.1 Å². The van der Waals surface area contributed by atoms with Gasteiger partial charge in [0.2, 0.25) is 0 Å². The van der Waals surface area contributed by atoms with Gasteiger partial charge in [-0.05, 0) is 48.9 Å². The fourth-order valence-corrected chi connectivity index (χ4v) is 10.0. The molecule has 4 unspecified atom stereocenters. The lowest BCUT2D eigenvalue weighted by atomic mass is 9.60. The summed E-state index contributed by atoms with van der Waals surface area (Å²) in [6.07, 6.45) is 7.66. The highest BCUT2D eigenvalue weighted by molar-refractivity contribution is 9.10. The van der Waals surface area contributed by atoms with Gasteiger partial charge in [0.1, 0.15) is 6.04 Å². The van der Waals surface area contributed by atoms with Crippen molar-refractivity contribution < 1.29 is 14.7 Å². The average Bonchev–Trinajstić information content (AvgIpc) is 3.13. The molecule has 0 aromatic heterocycles. The van der Waals surface area contributed by atoms with Crippen LogP contribution in [0.3, 0.4) is 0 Å². The summed E-state index contributed by atoms with van der Waals surface area (Å²) in [5.41, 5.74) is 2.48. The molecule has 4 saturated heterocycles. The summed E-state index contributed by atoms with van der Waals surface area (Å²) in [6, 6.07) is 7.80. The molecule has 1 aromatic carbocycles. The second kappa shape index (κ2) is 6.94. The predicted octanol–water partition coefficient (Wildman–Crippen LogP) is 4.41. The third kappa shape index (κ3) is 2.28. The molecule has 7 rings (SSSR count). The van der Waals surface area contributed by atoms with Crippen LogP contribution in [0.5, 0.6) is 0 Å².